The van der Waals surface area contributed by atoms with Crippen molar-refractivity contribution in [2.75, 3.05) is 13.1 Å². The molecule has 1 amide bonds. The number of rotatable bonds is 6. The Balaban J connectivity index is 2.07. The summed E-state index contributed by atoms with van der Waals surface area (Å²) in [6.45, 7) is 8.17. The molecule has 4 nitrogen and oxygen atoms in total. The Morgan fingerprint density at radius 2 is 1.65 bits per heavy atom. The summed E-state index contributed by atoms with van der Waals surface area (Å²) in [6, 6.07) is 8.43. The lowest BCUT2D eigenvalue weighted by molar-refractivity contribution is 0.0722. The third-order valence-corrected chi connectivity index (χ3v) is 5.16. The van der Waals surface area contributed by atoms with Gasteiger partial charge in [-0.3, -0.25) is 4.79 Å². The van der Waals surface area contributed by atoms with E-state index in [-0.39, 0.29) is 5.91 Å². The lowest BCUT2D eigenvalue weighted by Gasteiger charge is -2.27. The number of nitrogens with zero attached hydrogens (tertiary/aromatic N) is 3. The largest absolute Gasteiger partial charge is 0.339 e. The van der Waals surface area contributed by atoms with E-state index in [0.717, 1.165) is 74.3 Å². The number of likely N-dealkylation sites (tertiary alicyclic amines) is 1. The molecule has 0 N–H and O–H groups in total. The van der Waals surface area contributed by atoms with Gasteiger partial charge < -0.3 is 4.90 Å². The molecule has 0 radical (unpaired) electrons. The van der Waals surface area contributed by atoms with Gasteiger partial charge in [-0.15, -0.1) is 0 Å². The van der Waals surface area contributed by atoms with Gasteiger partial charge in [0.05, 0.1) is 22.6 Å². The van der Waals surface area contributed by atoms with Gasteiger partial charge in [-0.05, 0) is 51.2 Å². The van der Waals surface area contributed by atoms with Crippen molar-refractivity contribution in [1.29, 1.82) is 0 Å². The van der Waals surface area contributed by atoms with Crippen LogP contribution in [0.15, 0.2) is 24.3 Å². The molecule has 1 aliphatic heterocycles. The number of amides is 1. The molecule has 4 heteroatoms. The van der Waals surface area contributed by atoms with Crippen LogP contribution in [-0.2, 0) is 12.8 Å². The zero-order valence-corrected chi connectivity index (χ0v) is 16.4. The van der Waals surface area contributed by atoms with Gasteiger partial charge in [0.25, 0.3) is 5.91 Å². The van der Waals surface area contributed by atoms with Gasteiger partial charge in [-0.25, -0.2) is 4.68 Å². The standard InChI is InChI=1S/C22H31N3O/c1-4-9-19-21(22(26)24-15-7-6-8-16-24)20(10-5-2)25(23-19)18-13-11-17(3)12-14-18/h11-14H,4-10,15-16H2,1-3H3. The van der Waals surface area contributed by atoms with E-state index in [1.165, 1.54) is 12.0 Å². The normalized spacial score (nSPS) is 14.7. The van der Waals surface area contributed by atoms with Crippen LogP contribution in [0.3, 0.4) is 0 Å². The maximum Gasteiger partial charge on any atom is 0.257 e. The van der Waals surface area contributed by atoms with E-state index in [0.29, 0.717) is 0 Å². The van der Waals surface area contributed by atoms with Gasteiger partial charge in [0, 0.05) is 13.1 Å². The van der Waals surface area contributed by atoms with Crippen LogP contribution in [0.1, 0.15) is 73.3 Å². The summed E-state index contributed by atoms with van der Waals surface area (Å²) in [5.41, 5.74) is 5.20. The zero-order chi connectivity index (χ0) is 18.5. The molecule has 0 aliphatic carbocycles. The average Bonchev–Trinajstić information content (AvgIpc) is 3.01. The Bertz CT molecular complexity index is 739. The lowest BCUT2D eigenvalue weighted by Crippen LogP contribution is -2.36. The third kappa shape index (κ3) is 3.84. The van der Waals surface area contributed by atoms with Crippen molar-refractivity contribution in [3.05, 3.63) is 46.8 Å². The van der Waals surface area contributed by atoms with Crippen molar-refractivity contribution in [2.45, 2.75) is 65.7 Å². The van der Waals surface area contributed by atoms with E-state index < -0.39 is 0 Å². The summed E-state index contributed by atoms with van der Waals surface area (Å²) in [6.07, 6.45) is 7.19. The van der Waals surface area contributed by atoms with Crippen LogP contribution in [0.2, 0.25) is 0 Å². The van der Waals surface area contributed by atoms with Crippen LogP contribution in [0.25, 0.3) is 5.69 Å². The van der Waals surface area contributed by atoms with Gasteiger partial charge in [-0.1, -0.05) is 44.4 Å². The molecule has 0 unspecified atom stereocenters. The second-order valence-corrected chi connectivity index (χ2v) is 7.37. The van der Waals surface area contributed by atoms with Crippen molar-refractivity contribution in [1.82, 2.24) is 14.7 Å². The van der Waals surface area contributed by atoms with Gasteiger partial charge in [0.15, 0.2) is 0 Å². The summed E-state index contributed by atoms with van der Waals surface area (Å²) in [4.78, 5) is 15.4. The summed E-state index contributed by atoms with van der Waals surface area (Å²) >= 11 is 0. The molecular formula is C22H31N3O. The number of aryl methyl sites for hydroxylation is 2. The fourth-order valence-corrected chi connectivity index (χ4v) is 3.78. The highest BCUT2D eigenvalue weighted by atomic mass is 16.2. The van der Waals surface area contributed by atoms with E-state index in [1.807, 2.05) is 9.58 Å². The molecule has 1 fully saturated rings. The topological polar surface area (TPSA) is 38.1 Å². The monoisotopic (exact) mass is 353 g/mol. The molecule has 0 spiro atoms. The molecule has 1 aliphatic rings. The molecule has 0 bridgehead atoms. The molecular weight excluding hydrogens is 322 g/mol. The van der Waals surface area contributed by atoms with Gasteiger partial charge in [-0.2, -0.15) is 5.10 Å². The summed E-state index contributed by atoms with van der Waals surface area (Å²) in [5.74, 6) is 0.190. The number of piperidine rings is 1. The third-order valence-electron chi connectivity index (χ3n) is 5.16. The first-order valence-electron chi connectivity index (χ1n) is 10.1. The molecule has 2 aromatic rings. The summed E-state index contributed by atoms with van der Waals surface area (Å²) in [5, 5.41) is 4.90. The van der Waals surface area contributed by atoms with Crippen LogP contribution in [-0.4, -0.2) is 33.7 Å². The minimum Gasteiger partial charge on any atom is -0.339 e. The Labute approximate surface area is 157 Å². The number of benzene rings is 1. The van der Waals surface area contributed by atoms with Crippen LogP contribution in [0.4, 0.5) is 0 Å². The van der Waals surface area contributed by atoms with Gasteiger partial charge >= 0.3 is 0 Å². The molecule has 3 rings (SSSR count). The Morgan fingerprint density at radius 3 is 2.27 bits per heavy atom. The van der Waals surface area contributed by atoms with Crippen molar-refractivity contribution < 1.29 is 4.79 Å². The molecule has 0 saturated carbocycles. The van der Waals surface area contributed by atoms with E-state index >= 15 is 0 Å². The number of carbonyl (C=O) groups is 1. The van der Waals surface area contributed by atoms with E-state index in [9.17, 15) is 4.79 Å². The SMILES string of the molecule is CCCc1nn(-c2ccc(C)cc2)c(CCC)c1C(=O)N1CCCCC1. The number of hydrogen-bond donors (Lipinski definition) is 0. The molecule has 0 atom stereocenters. The smallest absolute Gasteiger partial charge is 0.257 e. The molecule has 1 aromatic carbocycles. The minimum absolute atomic E-state index is 0.190. The predicted molar refractivity (Wildman–Crippen MR) is 106 cm³/mol. The average molecular weight is 354 g/mol. The van der Waals surface area contributed by atoms with E-state index in [1.54, 1.807) is 0 Å². The van der Waals surface area contributed by atoms with E-state index in [4.69, 9.17) is 5.10 Å². The Hall–Kier alpha value is -2.10. The van der Waals surface area contributed by atoms with Gasteiger partial charge in [0.2, 0.25) is 0 Å². The fourth-order valence-electron chi connectivity index (χ4n) is 3.78. The second-order valence-electron chi connectivity index (χ2n) is 7.37. The van der Waals surface area contributed by atoms with E-state index in [2.05, 4.69) is 45.0 Å². The lowest BCUT2D eigenvalue weighted by atomic mass is 10.0. The Morgan fingerprint density at radius 1 is 1.00 bits per heavy atom. The van der Waals surface area contributed by atoms with Crippen LogP contribution in [0.5, 0.6) is 0 Å². The molecule has 140 valence electrons. The highest BCUT2D eigenvalue weighted by molar-refractivity contribution is 5.96. The zero-order valence-electron chi connectivity index (χ0n) is 16.4. The highest BCUT2D eigenvalue weighted by Crippen LogP contribution is 2.25. The quantitative estimate of drug-likeness (QED) is 0.754. The fraction of sp³-hybridized carbons (Fsp3) is 0.545. The molecule has 2 heterocycles. The molecule has 26 heavy (non-hydrogen) atoms. The number of carbonyl (C=O) groups excluding carboxylic acids is 1. The predicted octanol–water partition coefficient (Wildman–Crippen LogP) is 4.71. The van der Waals surface area contributed by atoms with Crippen molar-refractivity contribution in [3.8, 4) is 5.69 Å². The first-order chi connectivity index (χ1) is 12.7. The first-order valence-corrected chi connectivity index (χ1v) is 10.1. The summed E-state index contributed by atoms with van der Waals surface area (Å²) < 4.78 is 2.02. The highest BCUT2D eigenvalue weighted by Gasteiger charge is 2.28. The van der Waals surface area contributed by atoms with Crippen molar-refractivity contribution >= 4 is 5.91 Å². The number of aromatic nitrogens is 2. The maximum absolute atomic E-state index is 13.4. The van der Waals surface area contributed by atoms with Gasteiger partial charge in [0.1, 0.15) is 0 Å². The van der Waals surface area contributed by atoms with Crippen LogP contribution in [0, 0.1) is 6.92 Å². The Kier molecular flexibility index (Phi) is 6.12. The first kappa shape index (κ1) is 18.7. The molecule has 1 saturated heterocycles. The summed E-state index contributed by atoms with van der Waals surface area (Å²) in [7, 11) is 0. The van der Waals surface area contributed by atoms with Crippen LogP contribution >= 0.6 is 0 Å². The second kappa shape index (κ2) is 8.52. The molecule has 1 aromatic heterocycles. The maximum atomic E-state index is 13.4. The minimum atomic E-state index is 0.190. The van der Waals surface area contributed by atoms with Crippen LogP contribution < -0.4 is 0 Å². The van der Waals surface area contributed by atoms with Crippen molar-refractivity contribution in [3.63, 3.8) is 0 Å². The van der Waals surface area contributed by atoms with Crippen molar-refractivity contribution in [2.24, 2.45) is 0 Å². The number of hydrogen-bond acceptors (Lipinski definition) is 2.